The highest BCUT2D eigenvalue weighted by atomic mass is 35.5. The van der Waals surface area contributed by atoms with Gasteiger partial charge in [0.1, 0.15) is 11.5 Å². The zero-order valence-corrected chi connectivity index (χ0v) is 17.7. The van der Waals surface area contributed by atoms with E-state index in [1.807, 2.05) is 61.5 Å². The maximum Gasteiger partial charge on any atom is 0.349 e. The van der Waals surface area contributed by atoms with Crippen LogP contribution < -0.4 is 14.8 Å². The molecule has 0 bridgehead atoms. The van der Waals surface area contributed by atoms with Crippen molar-refractivity contribution in [3.63, 3.8) is 0 Å². The van der Waals surface area contributed by atoms with Crippen LogP contribution >= 0.6 is 11.6 Å². The van der Waals surface area contributed by atoms with Crippen molar-refractivity contribution in [3.05, 3.63) is 82.4 Å². The van der Waals surface area contributed by atoms with Crippen molar-refractivity contribution in [2.75, 3.05) is 19.7 Å². The summed E-state index contributed by atoms with van der Waals surface area (Å²) < 4.78 is 11.3. The molecule has 0 aromatic heterocycles. The van der Waals surface area contributed by atoms with E-state index in [0.29, 0.717) is 16.5 Å². The molecule has 0 saturated carbocycles. The number of hydrogen-bond acceptors (Lipinski definition) is 4. The number of fused-ring (bicyclic) bond motifs is 1. The van der Waals surface area contributed by atoms with Crippen molar-refractivity contribution in [2.45, 2.75) is 19.8 Å². The monoisotopic (exact) mass is 421 g/mol. The number of carbonyl (C=O) groups is 1. The molecule has 0 radical (unpaired) electrons. The highest BCUT2D eigenvalue weighted by Crippen LogP contribution is 2.35. The molecule has 1 aliphatic rings. The summed E-state index contributed by atoms with van der Waals surface area (Å²) in [5.74, 6) is 0.757. The number of carbonyl (C=O) groups excluding carboxylic acids is 1. The highest BCUT2D eigenvalue weighted by molar-refractivity contribution is 6.31. The van der Waals surface area contributed by atoms with Crippen LogP contribution in [0.5, 0.6) is 11.5 Å². The van der Waals surface area contributed by atoms with Crippen LogP contribution in [0.3, 0.4) is 0 Å². The Morgan fingerprint density at radius 2 is 1.73 bits per heavy atom. The third-order valence-electron chi connectivity index (χ3n) is 5.24. The van der Waals surface area contributed by atoms with E-state index in [1.165, 1.54) is 11.1 Å². The summed E-state index contributed by atoms with van der Waals surface area (Å²) in [6.07, 6.45) is 1.85. The quantitative estimate of drug-likeness (QED) is 0.465. The number of ether oxygens (including phenoxy) is 2. The molecule has 3 aromatic carbocycles. The Bertz CT molecular complexity index is 1050. The van der Waals surface area contributed by atoms with Crippen molar-refractivity contribution < 1.29 is 14.3 Å². The minimum atomic E-state index is -0.433. The predicted octanol–water partition coefficient (Wildman–Crippen LogP) is 4.99. The molecular formula is C25H24ClNO3. The van der Waals surface area contributed by atoms with Gasteiger partial charge in [0.25, 0.3) is 0 Å². The molecule has 5 heteroatoms. The lowest BCUT2D eigenvalue weighted by atomic mass is 9.94. The van der Waals surface area contributed by atoms with Crippen LogP contribution in [-0.2, 0) is 17.6 Å². The summed E-state index contributed by atoms with van der Waals surface area (Å²) in [4.78, 5) is 12.5. The fourth-order valence-electron chi connectivity index (χ4n) is 3.64. The molecule has 1 heterocycles. The van der Waals surface area contributed by atoms with Gasteiger partial charge in [0.2, 0.25) is 0 Å². The summed E-state index contributed by atoms with van der Waals surface area (Å²) in [5.41, 5.74) is 5.34. The molecule has 1 aliphatic heterocycles. The van der Waals surface area contributed by atoms with Crippen LogP contribution in [0.4, 0.5) is 0 Å². The van der Waals surface area contributed by atoms with Crippen molar-refractivity contribution >= 4 is 17.6 Å². The third-order valence-corrected chi connectivity index (χ3v) is 5.66. The van der Waals surface area contributed by atoms with Gasteiger partial charge < -0.3 is 14.8 Å². The van der Waals surface area contributed by atoms with Gasteiger partial charge in [-0.2, -0.15) is 0 Å². The predicted molar refractivity (Wildman–Crippen MR) is 119 cm³/mol. The van der Waals surface area contributed by atoms with Crippen molar-refractivity contribution in [1.29, 1.82) is 0 Å². The lowest BCUT2D eigenvalue weighted by molar-refractivity contribution is -0.136. The molecule has 0 fully saturated rings. The molecule has 30 heavy (non-hydrogen) atoms. The van der Waals surface area contributed by atoms with Crippen LogP contribution in [0.15, 0.2) is 60.7 Å². The zero-order chi connectivity index (χ0) is 20.9. The van der Waals surface area contributed by atoms with E-state index in [4.69, 9.17) is 21.1 Å². The molecule has 0 amide bonds. The number of hydrogen-bond donors (Lipinski definition) is 1. The van der Waals surface area contributed by atoms with Crippen LogP contribution in [0.1, 0.15) is 16.7 Å². The third kappa shape index (κ3) is 4.84. The number of benzene rings is 3. The SMILES string of the molecule is Cc1cc(-c2cc3c(cc2OC(=O)COc2ccccc2)CCNCC3)ccc1Cl. The van der Waals surface area contributed by atoms with Gasteiger partial charge in [-0.25, -0.2) is 4.79 Å². The number of para-hydroxylation sites is 1. The molecule has 4 rings (SSSR count). The summed E-state index contributed by atoms with van der Waals surface area (Å²) in [6, 6.07) is 19.3. The minimum Gasteiger partial charge on any atom is -0.482 e. The van der Waals surface area contributed by atoms with Gasteiger partial charge >= 0.3 is 5.97 Å². The van der Waals surface area contributed by atoms with Crippen molar-refractivity contribution in [2.24, 2.45) is 0 Å². The largest absolute Gasteiger partial charge is 0.482 e. The minimum absolute atomic E-state index is 0.151. The molecule has 3 aromatic rings. The van der Waals surface area contributed by atoms with Crippen molar-refractivity contribution in [3.8, 4) is 22.6 Å². The molecule has 1 N–H and O–H groups in total. The zero-order valence-electron chi connectivity index (χ0n) is 16.9. The maximum absolute atomic E-state index is 12.5. The van der Waals surface area contributed by atoms with Crippen LogP contribution in [0.25, 0.3) is 11.1 Å². The summed E-state index contributed by atoms with van der Waals surface area (Å²) >= 11 is 6.22. The van der Waals surface area contributed by atoms with E-state index >= 15 is 0 Å². The van der Waals surface area contributed by atoms with Gasteiger partial charge in [-0.1, -0.05) is 35.9 Å². The number of nitrogens with one attached hydrogen (secondary N) is 1. The standard InChI is InChI=1S/C25H24ClNO3/c1-17-13-20(7-8-23(17)26)22-14-18-9-11-27-12-10-19(18)15-24(22)30-25(28)16-29-21-5-3-2-4-6-21/h2-8,13-15,27H,9-12,16H2,1H3. The Morgan fingerprint density at radius 3 is 2.47 bits per heavy atom. The number of esters is 1. The van der Waals surface area contributed by atoms with Gasteiger partial charge in [0, 0.05) is 10.6 Å². The summed E-state index contributed by atoms with van der Waals surface area (Å²) in [7, 11) is 0. The van der Waals surface area contributed by atoms with E-state index in [1.54, 1.807) is 0 Å². The molecule has 4 nitrogen and oxygen atoms in total. The number of aryl methyl sites for hydroxylation is 1. The molecule has 0 aliphatic carbocycles. The lowest BCUT2D eigenvalue weighted by Gasteiger charge is -2.16. The van der Waals surface area contributed by atoms with Gasteiger partial charge in [-0.3, -0.25) is 0 Å². The normalized spacial score (nSPS) is 13.3. The Balaban J connectivity index is 1.63. The molecule has 0 spiro atoms. The van der Waals surface area contributed by atoms with Crippen LogP contribution in [0, 0.1) is 6.92 Å². The van der Waals surface area contributed by atoms with Crippen LogP contribution in [-0.4, -0.2) is 25.7 Å². The van der Waals surface area contributed by atoms with E-state index in [-0.39, 0.29) is 6.61 Å². The van der Waals surface area contributed by atoms with Crippen molar-refractivity contribution in [1.82, 2.24) is 5.32 Å². The van der Waals surface area contributed by atoms with E-state index < -0.39 is 5.97 Å². The number of rotatable bonds is 5. The summed E-state index contributed by atoms with van der Waals surface area (Å²) in [5, 5.41) is 4.14. The first-order valence-corrected chi connectivity index (χ1v) is 10.5. The summed E-state index contributed by atoms with van der Waals surface area (Å²) in [6.45, 7) is 3.67. The van der Waals surface area contributed by atoms with E-state index in [0.717, 1.165) is 42.6 Å². The maximum atomic E-state index is 12.5. The Hall–Kier alpha value is -2.82. The Kier molecular flexibility index (Phi) is 6.36. The molecule has 154 valence electrons. The second-order valence-corrected chi connectivity index (χ2v) is 7.81. The fourth-order valence-corrected chi connectivity index (χ4v) is 3.75. The average molecular weight is 422 g/mol. The van der Waals surface area contributed by atoms with E-state index in [2.05, 4.69) is 11.4 Å². The topological polar surface area (TPSA) is 47.6 Å². The first-order chi connectivity index (χ1) is 14.6. The Labute approximate surface area is 181 Å². The van der Waals surface area contributed by atoms with Gasteiger partial charge in [-0.15, -0.1) is 0 Å². The molecule has 0 atom stereocenters. The highest BCUT2D eigenvalue weighted by Gasteiger charge is 2.18. The van der Waals surface area contributed by atoms with E-state index in [9.17, 15) is 4.79 Å². The average Bonchev–Trinajstić information content (AvgIpc) is 2.99. The lowest BCUT2D eigenvalue weighted by Crippen LogP contribution is -2.18. The smallest absolute Gasteiger partial charge is 0.349 e. The molecule has 0 saturated heterocycles. The van der Waals surface area contributed by atoms with Gasteiger partial charge in [0.05, 0.1) is 0 Å². The van der Waals surface area contributed by atoms with Gasteiger partial charge in [0.15, 0.2) is 6.61 Å². The number of halogens is 1. The Morgan fingerprint density at radius 1 is 1.00 bits per heavy atom. The van der Waals surface area contributed by atoms with Crippen LogP contribution in [0.2, 0.25) is 5.02 Å². The van der Waals surface area contributed by atoms with Gasteiger partial charge in [-0.05, 0) is 91.5 Å². The second kappa shape index (κ2) is 9.33. The second-order valence-electron chi connectivity index (χ2n) is 7.41. The molecular weight excluding hydrogens is 398 g/mol. The fraction of sp³-hybridized carbons (Fsp3) is 0.240. The molecule has 0 unspecified atom stereocenters. The first-order valence-electron chi connectivity index (χ1n) is 10.1. The first kappa shape index (κ1) is 20.5.